The van der Waals surface area contributed by atoms with Gasteiger partial charge in [-0.15, -0.1) is 11.6 Å². The van der Waals surface area contributed by atoms with Crippen molar-refractivity contribution >= 4 is 17.3 Å². The smallest absolute Gasteiger partial charge is 0.306 e. The summed E-state index contributed by atoms with van der Waals surface area (Å²) in [5.74, 6) is 0.660. The zero-order valence-corrected chi connectivity index (χ0v) is 11.3. The van der Waals surface area contributed by atoms with E-state index in [2.05, 4.69) is 10.00 Å². The largest absolute Gasteiger partial charge is 0.374 e. The minimum Gasteiger partial charge on any atom is -0.374 e. The van der Waals surface area contributed by atoms with Crippen LogP contribution in [-0.2, 0) is 11.3 Å². The SMILES string of the molecule is O=[N+]([O-])c1cnn(CC2CN(CCCCl)CCO2)c1. The molecule has 1 fully saturated rings. The van der Waals surface area contributed by atoms with E-state index in [9.17, 15) is 10.1 Å². The lowest BCUT2D eigenvalue weighted by molar-refractivity contribution is -0.385. The van der Waals surface area contributed by atoms with Crippen molar-refractivity contribution in [1.29, 1.82) is 0 Å². The summed E-state index contributed by atoms with van der Waals surface area (Å²) in [7, 11) is 0. The van der Waals surface area contributed by atoms with Gasteiger partial charge in [0, 0.05) is 19.0 Å². The fourth-order valence-electron chi connectivity index (χ4n) is 2.13. The van der Waals surface area contributed by atoms with Crippen LogP contribution >= 0.6 is 11.6 Å². The number of halogens is 1. The van der Waals surface area contributed by atoms with Gasteiger partial charge >= 0.3 is 5.69 Å². The molecule has 1 aliphatic heterocycles. The predicted molar refractivity (Wildman–Crippen MR) is 70.4 cm³/mol. The molecule has 1 saturated heterocycles. The van der Waals surface area contributed by atoms with E-state index < -0.39 is 4.92 Å². The normalized spacial score (nSPS) is 20.6. The molecular weight excluding hydrogens is 272 g/mol. The number of rotatable bonds is 6. The monoisotopic (exact) mass is 288 g/mol. The third kappa shape index (κ3) is 4.15. The lowest BCUT2D eigenvalue weighted by atomic mass is 10.2. The lowest BCUT2D eigenvalue weighted by Crippen LogP contribution is -2.44. The third-order valence-corrected chi connectivity index (χ3v) is 3.32. The second-order valence-corrected chi connectivity index (χ2v) is 4.89. The van der Waals surface area contributed by atoms with E-state index in [1.165, 1.54) is 12.4 Å². The summed E-state index contributed by atoms with van der Waals surface area (Å²) in [6.07, 6.45) is 3.67. The topological polar surface area (TPSA) is 73.4 Å². The summed E-state index contributed by atoms with van der Waals surface area (Å²) in [6, 6.07) is 0. The summed E-state index contributed by atoms with van der Waals surface area (Å²) in [6.45, 7) is 3.89. The molecule has 1 aromatic rings. The van der Waals surface area contributed by atoms with Crippen LogP contribution in [0.1, 0.15) is 6.42 Å². The fraction of sp³-hybridized carbons (Fsp3) is 0.727. The first-order valence-corrected chi connectivity index (χ1v) is 6.79. The molecule has 1 atom stereocenters. The molecular formula is C11H17ClN4O3. The van der Waals surface area contributed by atoms with Crippen molar-refractivity contribution in [1.82, 2.24) is 14.7 Å². The van der Waals surface area contributed by atoms with Crippen LogP contribution < -0.4 is 0 Å². The van der Waals surface area contributed by atoms with Gasteiger partial charge in [-0.2, -0.15) is 5.10 Å². The molecule has 0 N–H and O–H groups in total. The van der Waals surface area contributed by atoms with Crippen LogP contribution in [0, 0.1) is 10.1 Å². The first kappa shape index (κ1) is 14.2. The Morgan fingerprint density at radius 2 is 2.47 bits per heavy atom. The predicted octanol–water partition coefficient (Wildman–Crippen LogP) is 1.12. The first-order chi connectivity index (χ1) is 9.19. The Bertz CT molecular complexity index is 426. The Labute approximate surface area is 116 Å². The molecule has 106 valence electrons. The number of alkyl halides is 1. The second-order valence-electron chi connectivity index (χ2n) is 4.51. The summed E-state index contributed by atoms with van der Waals surface area (Å²) < 4.78 is 7.22. The minimum atomic E-state index is -0.446. The van der Waals surface area contributed by atoms with Crippen molar-refractivity contribution in [3.63, 3.8) is 0 Å². The van der Waals surface area contributed by atoms with E-state index in [0.717, 1.165) is 26.1 Å². The molecule has 0 spiro atoms. The van der Waals surface area contributed by atoms with Crippen LogP contribution in [0.4, 0.5) is 5.69 Å². The molecule has 1 aliphatic rings. The number of ether oxygens (including phenoxy) is 1. The molecule has 0 radical (unpaired) electrons. The van der Waals surface area contributed by atoms with Crippen LogP contribution in [-0.4, -0.2) is 57.8 Å². The quantitative estimate of drug-likeness (QED) is 0.445. The fourth-order valence-corrected chi connectivity index (χ4v) is 2.25. The molecule has 0 amide bonds. The van der Waals surface area contributed by atoms with Gasteiger partial charge in [-0.25, -0.2) is 0 Å². The highest BCUT2D eigenvalue weighted by molar-refractivity contribution is 6.17. The molecule has 2 heterocycles. The maximum absolute atomic E-state index is 10.6. The van der Waals surface area contributed by atoms with E-state index in [-0.39, 0.29) is 11.8 Å². The number of nitro groups is 1. The lowest BCUT2D eigenvalue weighted by Gasteiger charge is -2.32. The molecule has 7 nitrogen and oxygen atoms in total. The van der Waals surface area contributed by atoms with Gasteiger partial charge in [0.05, 0.1) is 24.2 Å². The Morgan fingerprint density at radius 1 is 1.63 bits per heavy atom. The van der Waals surface area contributed by atoms with Gasteiger partial charge in [-0.3, -0.25) is 19.7 Å². The molecule has 0 aromatic carbocycles. The Morgan fingerprint density at radius 3 is 3.16 bits per heavy atom. The number of nitrogens with zero attached hydrogens (tertiary/aromatic N) is 4. The summed E-state index contributed by atoms with van der Waals surface area (Å²) >= 11 is 5.68. The van der Waals surface area contributed by atoms with Crippen LogP contribution in [0.15, 0.2) is 12.4 Å². The van der Waals surface area contributed by atoms with Gasteiger partial charge < -0.3 is 4.74 Å². The van der Waals surface area contributed by atoms with Crippen LogP contribution in [0.5, 0.6) is 0 Å². The van der Waals surface area contributed by atoms with Crippen molar-refractivity contribution in [3.8, 4) is 0 Å². The van der Waals surface area contributed by atoms with E-state index in [4.69, 9.17) is 16.3 Å². The molecule has 0 saturated carbocycles. The van der Waals surface area contributed by atoms with Crippen LogP contribution in [0.25, 0.3) is 0 Å². The standard InChI is InChI=1S/C11H17ClN4O3/c12-2-1-3-14-4-5-19-11(8-14)9-15-7-10(6-13-15)16(17)18/h6-7,11H,1-5,8-9H2. The van der Waals surface area contributed by atoms with E-state index in [1.807, 2.05) is 0 Å². The van der Waals surface area contributed by atoms with Gasteiger partial charge in [-0.1, -0.05) is 0 Å². The highest BCUT2D eigenvalue weighted by Gasteiger charge is 2.21. The van der Waals surface area contributed by atoms with Gasteiger partial charge in [0.25, 0.3) is 0 Å². The Hall–Kier alpha value is -1.18. The van der Waals surface area contributed by atoms with Gasteiger partial charge in [0.1, 0.15) is 12.4 Å². The zero-order valence-electron chi connectivity index (χ0n) is 10.6. The van der Waals surface area contributed by atoms with E-state index in [0.29, 0.717) is 19.0 Å². The summed E-state index contributed by atoms with van der Waals surface area (Å²) in [4.78, 5) is 12.4. The maximum Gasteiger partial charge on any atom is 0.306 e. The van der Waals surface area contributed by atoms with Crippen LogP contribution in [0.3, 0.4) is 0 Å². The van der Waals surface area contributed by atoms with Crippen molar-refractivity contribution in [2.75, 3.05) is 32.1 Å². The third-order valence-electron chi connectivity index (χ3n) is 3.05. The average Bonchev–Trinajstić information content (AvgIpc) is 2.85. The molecule has 19 heavy (non-hydrogen) atoms. The van der Waals surface area contributed by atoms with Crippen molar-refractivity contribution < 1.29 is 9.66 Å². The van der Waals surface area contributed by atoms with Crippen molar-refractivity contribution in [2.24, 2.45) is 0 Å². The molecule has 0 aliphatic carbocycles. The second kappa shape index (κ2) is 6.83. The van der Waals surface area contributed by atoms with Gasteiger partial charge in [0.15, 0.2) is 0 Å². The van der Waals surface area contributed by atoms with Gasteiger partial charge in [0.2, 0.25) is 0 Å². The molecule has 1 aromatic heterocycles. The summed E-state index contributed by atoms with van der Waals surface area (Å²) in [5, 5.41) is 14.6. The number of aromatic nitrogens is 2. The van der Waals surface area contributed by atoms with Crippen molar-refractivity contribution in [3.05, 3.63) is 22.5 Å². The van der Waals surface area contributed by atoms with E-state index >= 15 is 0 Å². The average molecular weight is 289 g/mol. The highest BCUT2D eigenvalue weighted by atomic mass is 35.5. The first-order valence-electron chi connectivity index (χ1n) is 6.26. The number of morpholine rings is 1. The Kier molecular flexibility index (Phi) is 5.12. The van der Waals surface area contributed by atoms with E-state index in [1.54, 1.807) is 4.68 Å². The minimum absolute atomic E-state index is 0.00908. The summed E-state index contributed by atoms with van der Waals surface area (Å²) in [5.41, 5.74) is 0.00908. The molecule has 8 heteroatoms. The van der Waals surface area contributed by atoms with Gasteiger partial charge in [-0.05, 0) is 13.0 Å². The number of hydrogen-bond donors (Lipinski definition) is 0. The zero-order chi connectivity index (χ0) is 13.7. The highest BCUT2D eigenvalue weighted by Crippen LogP contribution is 2.12. The number of hydrogen-bond acceptors (Lipinski definition) is 5. The molecule has 2 rings (SSSR count). The van der Waals surface area contributed by atoms with Crippen LogP contribution in [0.2, 0.25) is 0 Å². The maximum atomic E-state index is 10.6. The molecule has 0 bridgehead atoms. The molecule has 1 unspecified atom stereocenters. The van der Waals surface area contributed by atoms with Crippen molar-refractivity contribution in [2.45, 2.75) is 19.1 Å². The Balaban J connectivity index is 1.85.